The molecular formula is C11H14O4. The second-order valence-electron chi connectivity index (χ2n) is 3.20. The van der Waals surface area contributed by atoms with E-state index in [1.165, 1.54) is 0 Å². The fourth-order valence-corrected chi connectivity index (χ4v) is 1.43. The normalized spacial score (nSPS) is 16.9. The first-order valence-electron chi connectivity index (χ1n) is 4.85. The molecule has 0 saturated carbocycles. The molecule has 1 fully saturated rings. The smallest absolute Gasteiger partial charge is 0.188 e. The van der Waals surface area contributed by atoms with Crippen LogP contribution < -0.4 is 4.74 Å². The van der Waals surface area contributed by atoms with Crippen molar-refractivity contribution in [2.24, 2.45) is 0 Å². The van der Waals surface area contributed by atoms with Crippen molar-refractivity contribution >= 4 is 0 Å². The van der Waals surface area contributed by atoms with Gasteiger partial charge >= 0.3 is 0 Å². The molecule has 1 heterocycles. The van der Waals surface area contributed by atoms with Crippen LogP contribution in [-0.2, 0) is 14.2 Å². The van der Waals surface area contributed by atoms with Crippen LogP contribution >= 0.6 is 0 Å². The molecular weight excluding hydrogens is 196 g/mol. The van der Waals surface area contributed by atoms with Gasteiger partial charge in [0.1, 0.15) is 5.75 Å². The first-order chi connectivity index (χ1) is 7.40. The van der Waals surface area contributed by atoms with Gasteiger partial charge in [0, 0.05) is 12.7 Å². The third-order valence-electron chi connectivity index (χ3n) is 2.10. The molecule has 0 spiro atoms. The van der Waals surface area contributed by atoms with Gasteiger partial charge in [-0.3, -0.25) is 0 Å². The molecule has 0 amide bonds. The third-order valence-corrected chi connectivity index (χ3v) is 2.10. The highest BCUT2D eigenvalue weighted by Crippen LogP contribution is 2.25. The molecule has 15 heavy (non-hydrogen) atoms. The molecule has 1 aliphatic rings. The lowest BCUT2D eigenvalue weighted by Gasteiger charge is -2.11. The van der Waals surface area contributed by atoms with E-state index in [1.54, 1.807) is 7.11 Å². The van der Waals surface area contributed by atoms with Crippen LogP contribution in [0.3, 0.4) is 0 Å². The first-order valence-corrected chi connectivity index (χ1v) is 4.85. The quantitative estimate of drug-likeness (QED) is 0.709. The standard InChI is InChI=1S/C11H14O4/c1-12-8-15-10-4-2-3-9(7-10)11-13-5-6-14-11/h2-4,7,11H,5-6,8H2,1H3. The highest BCUT2D eigenvalue weighted by atomic mass is 16.7. The molecule has 0 aliphatic carbocycles. The Morgan fingerprint density at radius 1 is 1.33 bits per heavy atom. The molecule has 1 saturated heterocycles. The van der Waals surface area contributed by atoms with Gasteiger partial charge in [0.2, 0.25) is 0 Å². The summed E-state index contributed by atoms with van der Waals surface area (Å²) in [6, 6.07) is 7.63. The molecule has 0 N–H and O–H groups in total. The number of hydrogen-bond donors (Lipinski definition) is 0. The predicted molar refractivity (Wildman–Crippen MR) is 53.6 cm³/mol. The largest absolute Gasteiger partial charge is 0.468 e. The van der Waals surface area contributed by atoms with Gasteiger partial charge in [-0.1, -0.05) is 12.1 Å². The van der Waals surface area contributed by atoms with Crippen LogP contribution in [-0.4, -0.2) is 27.1 Å². The van der Waals surface area contributed by atoms with E-state index in [9.17, 15) is 0 Å². The van der Waals surface area contributed by atoms with Gasteiger partial charge in [-0.2, -0.15) is 0 Å². The zero-order valence-corrected chi connectivity index (χ0v) is 8.64. The lowest BCUT2D eigenvalue weighted by molar-refractivity contribution is -0.0444. The summed E-state index contributed by atoms with van der Waals surface area (Å²) in [5.41, 5.74) is 0.973. The summed E-state index contributed by atoms with van der Waals surface area (Å²) in [5.74, 6) is 0.758. The topological polar surface area (TPSA) is 36.9 Å². The molecule has 1 aromatic rings. The van der Waals surface area contributed by atoms with Gasteiger partial charge in [-0.05, 0) is 12.1 Å². The van der Waals surface area contributed by atoms with Gasteiger partial charge in [0.05, 0.1) is 13.2 Å². The van der Waals surface area contributed by atoms with Gasteiger partial charge in [0.15, 0.2) is 13.1 Å². The maximum atomic E-state index is 5.39. The Balaban J connectivity index is 2.04. The van der Waals surface area contributed by atoms with Crippen LogP contribution in [0, 0.1) is 0 Å². The molecule has 0 radical (unpaired) electrons. The molecule has 2 rings (SSSR count). The van der Waals surface area contributed by atoms with Crippen LogP contribution in [0.25, 0.3) is 0 Å². The molecule has 82 valence electrons. The summed E-state index contributed by atoms with van der Waals surface area (Å²) in [5, 5.41) is 0. The fraction of sp³-hybridized carbons (Fsp3) is 0.455. The maximum Gasteiger partial charge on any atom is 0.188 e. The fourth-order valence-electron chi connectivity index (χ4n) is 1.43. The van der Waals surface area contributed by atoms with E-state index in [1.807, 2.05) is 24.3 Å². The van der Waals surface area contributed by atoms with Crippen molar-refractivity contribution in [3.05, 3.63) is 29.8 Å². The van der Waals surface area contributed by atoms with E-state index in [2.05, 4.69) is 0 Å². The average Bonchev–Trinajstić information content (AvgIpc) is 2.80. The summed E-state index contributed by atoms with van der Waals surface area (Å²) >= 11 is 0. The van der Waals surface area contributed by atoms with E-state index < -0.39 is 0 Å². The second-order valence-corrected chi connectivity index (χ2v) is 3.20. The minimum atomic E-state index is -0.254. The highest BCUT2D eigenvalue weighted by molar-refractivity contribution is 5.29. The number of ether oxygens (including phenoxy) is 4. The van der Waals surface area contributed by atoms with Crippen molar-refractivity contribution in [1.29, 1.82) is 0 Å². The zero-order chi connectivity index (χ0) is 10.5. The van der Waals surface area contributed by atoms with Gasteiger partial charge < -0.3 is 18.9 Å². The molecule has 4 heteroatoms. The Morgan fingerprint density at radius 3 is 2.87 bits per heavy atom. The molecule has 0 atom stereocenters. The lowest BCUT2D eigenvalue weighted by atomic mass is 10.2. The molecule has 0 unspecified atom stereocenters. The minimum absolute atomic E-state index is 0.246. The summed E-state index contributed by atoms with van der Waals surface area (Å²) in [6.45, 7) is 1.54. The van der Waals surface area contributed by atoms with Crippen LogP contribution in [0.1, 0.15) is 11.9 Å². The van der Waals surface area contributed by atoms with E-state index in [0.717, 1.165) is 11.3 Å². The Hall–Kier alpha value is -1.10. The Labute approximate surface area is 88.7 Å². The summed E-state index contributed by atoms with van der Waals surface area (Å²) in [4.78, 5) is 0. The van der Waals surface area contributed by atoms with Crippen molar-refractivity contribution in [3.63, 3.8) is 0 Å². The average molecular weight is 210 g/mol. The predicted octanol–water partition coefficient (Wildman–Crippen LogP) is 1.71. The van der Waals surface area contributed by atoms with Crippen molar-refractivity contribution in [3.8, 4) is 5.75 Å². The van der Waals surface area contributed by atoms with Crippen molar-refractivity contribution in [1.82, 2.24) is 0 Å². The molecule has 4 nitrogen and oxygen atoms in total. The number of rotatable bonds is 4. The van der Waals surface area contributed by atoms with E-state index >= 15 is 0 Å². The van der Waals surface area contributed by atoms with Crippen LogP contribution in [0.15, 0.2) is 24.3 Å². The van der Waals surface area contributed by atoms with Crippen LogP contribution in [0.4, 0.5) is 0 Å². The molecule has 1 aromatic carbocycles. The summed E-state index contributed by atoms with van der Waals surface area (Å²) < 4.78 is 20.9. The van der Waals surface area contributed by atoms with Gasteiger partial charge in [-0.15, -0.1) is 0 Å². The minimum Gasteiger partial charge on any atom is -0.468 e. The second kappa shape index (κ2) is 5.11. The highest BCUT2D eigenvalue weighted by Gasteiger charge is 2.18. The van der Waals surface area contributed by atoms with Crippen LogP contribution in [0.5, 0.6) is 5.75 Å². The molecule has 0 aromatic heterocycles. The van der Waals surface area contributed by atoms with Gasteiger partial charge in [0.25, 0.3) is 0 Å². The SMILES string of the molecule is COCOc1cccc(C2OCCO2)c1. The summed E-state index contributed by atoms with van der Waals surface area (Å²) in [6.07, 6.45) is -0.254. The molecule has 0 bridgehead atoms. The lowest BCUT2D eigenvalue weighted by Crippen LogP contribution is -2.01. The van der Waals surface area contributed by atoms with Crippen molar-refractivity contribution in [2.45, 2.75) is 6.29 Å². The van der Waals surface area contributed by atoms with Crippen LogP contribution in [0.2, 0.25) is 0 Å². The Bertz CT molecular complexity index is 307. The Morgan fingerprint density at radius 2 is 2.13 bits per heavy atom. The van der Waals surface area contributed by atoms with E-state index in [-0.39, 0.29) is 13.1 Å². The van der Waals surface area contributed by atoms with E-state index in [4.69, 9.17) is 18.9 Å². The molecule has 1 aliphatic heterocycles. The monoisotopic (exact) mass is 210 g/mol. The maximum absolute atomic E-state index is 5.39. The zero-order valence-electron chi connectivity index (χ0n) is 8.64. The van der Waals surface area contributed by atoms with Gasteiger partial charge in [-0.25, -0.2) is 0 Å². The Kier molecular flexibility index (Phi) is 3.55. The van der Waals surface area contributed by atoms with Crippen molar-refractivity contribution in [2.75, 3.05) is 27.1 Å². The van der Waals surface area contributed by atoms with Crippen molar-refractivity contribution < 1.29 is 18.9 Å². The number of methoxy groups -OCH3 is 1. The van der Waals surface area contributed by atoms with E-state index in [0.29, 0.717) is 13.2 Å². The third kappa shape index (κ3) is 2.68. The number of benzene rings is 1. The number of hydrogen-bond acceptors (Lipinski definition) is 4. The first kappa shape index (κ1) is 10.4. The summed E-state index contributed by atoms with van der Waals surface area (Å²) in [7, 11) is 1.59.